The molecule has 1 aromatic heterocycles. The van der Waals surface area contributed by atoms with E-state index >= 15 is 0 Å². The van der Waals surface area contributed by atoms with Crippen molar-refractivity contribution in [1.82, 2.24) is 4.98 Å². The predicted molar refractivity (Wildman–Crippen MR) is 238 cm³/mol. The quantitative estimate of drug-likeness (QED) is 0.0296. The number of para-hydroxylation sites is 1. The van der Waals surface area contributed by atoms with E-state index in [1.165, 1.54) is 31.3 Å². The van der Waals surface area contributed by atoms with Gasteiger partial charge in [0.25, 0.3) is 0 Å². The molecule has 0 saturated carbocycles. The first-order valence-electron chi connectivity index (χ1n) is 19.7. The molecule has 7 aromatic rings. The number of benzene rings is 6. The van der Waals surface area contributed by atoms with Crippen LogP contribution >= 0.6 is 11.3 Å². The minimum absolute atomic E-state index is 0.0000302. The molecule has 0 bridgehead atoms. The molecule has 0 unspecified atom stereocenters. The Labute approximate surface area is 367 Å². The Bertz CT molecular complexity index is 2580. The van der Waals surface area contributed by atoms with Crippen molar-refractivity contribution in [2.24, 2.45) is 5.16 Å². The number of nitrogens with zero attached hydrogens (tertiary/aromatic N) is 2. The number of hydrogen-bond acceptors (Lipinski definition) is 12. The highest BCUT2D eigenvalue weighted by molar-refractivity contribution is 7.14. The molecular formula is C50H41N3O9S. The van der Waals surface area contributed by atoms with Crippen LogP contribution in [-0.2, 0) is 46.3 Å². The number of carboxylic acid groups (broad SMARTS) is 1. The molecule has 7 rings (SSSR count). The first-order valence-corrected chi connectivity index (χ1v) is 20.6. The van der Waals surface area contributed by atoms with Crippen LogP contribution in [-0.4, -0.2) is 46.3 Å². The Kier molecular flexibility index (Phi) is 13.5. The second kappa shape index (κ2) is 19.7. The van der Waals surface area contributed by atoms with Crippen LogP contribution < -0.4 is 14.8 Å². The van der Waals surface area contributed by atoms with Gasteiger partial charge in [0.2, 0.25) is 12.3 Å². The molecule has 0 aliphatic rings. The van der Waals surface area contributed by atoms with E-state index in [0.29, 0.717) is 21.8 Å². The fourth-order valence-electron chi connectivity index (χ4n) is 7.35. The van der Waals surface area contributed by atoms with Gasteiger partial charge in [-0.25, -0.2) is 14.6 Å². The number of aromatic nitrogens is 1. The van der Waals surface area contributed by atoms with Crippen LogP contribution in [0.3, 0.4) is 0 Å². The summed E-state index contributed by atoms with van der Waals surface area (Å²) in [6.45, 7) is 1.65. The Morgan fingerprint density at radius 1 is 0.635 bits per heavy atom. The summed E-state index contributed by atoms with van der Waals surface area (Å²) in [4.78, 5) is 61.1. The number of nitrogens with one attached hydrogen (secondary N) is 1. The van der Waals surface area contributed by atoms with Gasteiger partial charge in [0.05, 0.1) is 0 Å². The minimum Gasteiger partial charge on any atom is -0.476 e. The van der Waals surface area contributed by atoms with Crippen LogP contribution in [0.4, 0.5) is 5.13 Å². The van der Waals surface area contributed by atoms with E-state index in [4.69, 9.17) is 19.0 Å². The molecule has 0 aliphatic heterocycles. The summed E-state index contributed by atoms with van der Waals surface area (Å²) < 4.78 is 17.4. The monoisotopic (exact) mass is 859 g/mol. The van der Waals surface area contributed by atoms with Crippen molar-refractivity contribution in [1.29, 1.82) is 0 Å². The van der Waals surface area contributed by atoms with Crippen molar-refractivity contribution in [3.8, 4) is 11.5 Å². The van der Waals surface area contributed by atoms with Crippen LogP contribution in [0.5, 0.6) is 11.5 Å². The summed E-state index contributed by atoms with van der Waals surface area (Å²) in [5.41, 5.74) is 1.20. The molecule has 13 heteroatoms. The third-order valence-electron chi connectivity index (χ3n) is 9.97. The zero-order chi connectivity index (χ0) is 44.2. The summed E-state index contributed by atoms with van der Waals surface area (Å²) >= 11 is 1.19. The average Bonchev–Trinajstić information content (AvgIpc) is 3.76. The number of thiazole rings is 1. The molecule has 12 nitrogen and oxygen atoms in total. The molecule has 1 heterocycles. The van der Waals surface area contributed by atoms with Gasteiger partial charge in [-0.15, -0.1) is 11.3 Å². The van der Waals surface area contributed by atoms with Gasteiger partial charge in [-0.05, 0) is 22.8 Å². The number of ether oxygens (including phenoxy) is 3. The predicted octanol–water partition coefficient (Wildman–Crippen LogP) is 8.93. The van der Waals surface area contributed by atoms with Gasteiger partial charge in [-0.3, -0.25) is 9.59 Å². The molecule has 316 valence electrons. The third-order valence-corrected chi connectivity index (χ3v) is 10.7. The van der Waals surface area contributed by atoms with E-state index in [-0.39, 0.29) is 23.6 Å². The lowest BCUT2D eigenvalue weighted by atomic mass is 9.77. The average molecular weight is 860 g/mol. The molecule has 0 atom stereocenters. The van der Waals surface area contributed by atoms with Gasteiger partial charge in [0.1, 0.15) is 11.2 Å². The van der Waals surface area contributed by atoms with E-state index in [1.54, 1.807) is 66.0 Å². The summed E-state index contributed by atoms with van der Waals surface area (Å²) in [5, 5.41) is 19.8. The number of carbonyl (C=O) groups is 4. The SMILES string of the molecule is CC(=O)Oc1cccc(CC(OC(=O)CO/N=C(\C(=O)O)c2csc(NC(c3ccccc3)(c3ccccc3)c3ccccc3)n2)(c2ccccc2)c2ccccc2)c1OC(C)=O. The van der Waals surface area contributed by atoms with Crippen molar-refractivity contribution in [2.75, 3.05) is 11.9 Å². The second-order valence-electron chi connectivity index (χ2n) is 14.2. The number of hydrogen-bond donors (Lipinski definition) is 2. The van der Waals surface area contributed by atoms with Crippen LogP contribution in [0.2, 0.25) is 0 Å². The van der Waals surface area contributed by atoms with Crippen molar-refractivity contribution >= 4 is 46.1 Å². The lowest BCUT2D eigenvalue weighted by molar-refractivity contribution is -0.162. The lowest BCUT2D eigenvalue weighted by Gasteiger charge is -2.36. The standard InChI is InChI=1S/C50H41N3O9S/c1-34(54)60-43-30-18-19-36(46(43)61-35(2)55)31-49(37-20-8-3-9-21-37,38-22-10-4-11-23-38)62-44(56)32-59-53-45(47(57)58)42-33-63-48(51-42)52-50(39-24-12-5-13-25-39,40-26-14-6-15-27-40)41-28-16-7-17-29-41/h3-30,33H,31-32H2,1-2H3,(H,51,52)(H,57,58)/b53-45-. The number of esters is 3. The maximum Gasteiger partial charge on any atom is 0.360 e. The van der Waals surface area contributed by atoms with Crippen molar-refractivity contribution in [2.45, 2.75) is 31.4 Å². The topological polar surface area (TPSA) is 163 Å². The van der Waals surface area contributed by atoms with E-state index in [0.717, 1.165) is 16.7 Å². The molecular weight excluding hydrogens is 819 g/mol. The fraction of sp³-hybridized carbons (Fsp3) is 0.120. The maximum absolute atomic E-state index is 14.0. The van der Waals surface area contributed by atoms with E-state index in [2.05, 4.69) is 15.5 Å². The van der Waals surface area contributed by atoms with Crippen LogP contribution in [0.1, 0.15) is 52.9 Å². The van der Waals surface area contributed by atoms with E-state index in [9.17, 15) is 24.3 Å². The highest BCUT2D eigenvalue weighted by atomic mass is 32.1. The number of anilines is 1. The summed E-state index contributed by atoms with van der Waals surface area (Å²) in [6.07, 6.45) is -0.0981. The normalized spacial score (nSPS) is 11.6. The zero-order valence-corrected chi connectivity index (χ0v) is 35.0. The smallest absolute Gasteiger partial charge is 0.360 e. The molecule has 0 radical (unpaired) electrons. The third kappa shape index (κ3) is 9.85. The molecule has 0 spiro atoms. The van der Waals surface area contributed by atoms with Gasteiger partial charge < -0.3 is 29.5 Å². The van der Waals surface area contributed by atoms with Gasteiger partial charge in [0, 0.05) is 42.3 Å². The second-order valence-corrected chi connectivity index (χ2v) is 15.0. The highest BCUT2D eigenvalue weighted by Crippen LogP contribution is 2.43. The first-order chi connectivity index (χ1) is 30.6. The van der Waals surface area contributed by atoms with Gasteiger partial charge >= 0.3 is 23.9 Å². The summed E-state index contributed by atoms with van der Waals surface area (Å²) in [7, 11) is 0. The lowest BCUT2D eigenvalue weighted by Crippen LogP contribution is -2.38. The van der Waals surface area contributed by atoms with Gasteiger partial charge in [0.15, 0.2) is 22.2 Å². The van der Waals surface area contributed by atoms with Crippen molar-refractivity contribution in [3.63, 3.8) is 0 Å². The molecule has 6 aromatic carbocycles. The largest absolute Gasteiger partial charge is 0.476 e. The number of carboxylic acids is 1. The fourth-order valence-corrected chi connectivity index (χ4v) is 8.10. The van der Waals surface area contributed by atoms with Crippen LogP contribution in [0, 0.1) is 0 Å². The number of aliphatic carboxylic acids is 1. The Hall–Kier alpha value is -7.90. The zero-order valence-electron chi connectivity index (χ0n) is 34.2. The van der Waals surface area contributed by atoms with Crippen LogP contribution in [0.25, 0.3) is 0 Å². The Morgan fingerprint density at radius 3 is 1.57 bits per heavy atom. The molecule has 0 saturated heterocycles. The molecule has 0 amide bonds. The minimum atomic E-state index is -1.58. The Balaban J connectivity index is 1.20. The van der Waals surface area contributed by atoms with Crippen molar-refractivity contribution < 1.29 is 43.3 Å². The Morgan fingerprint density at radius 2 is 1.11 bits per heavy atom. The summed E-state index contributed by atoms with van der Waals surface area (Å²) in [6, 6.07) is 52.3. The first kappa shape index (κ1) is 43.2. The van der Waals surface area contributed by atoms with Gasteiger partial charge in [-0.2, -0.15) is 0 Å². The number of rotatable bonds is 17. The van der Waals surface area contributed by atoms with Crippen LogP contribution in [0.15, 0.2) is 180 Å². The number of carbonyl (C=O) groups excluding carboxylic acids is 3. The molecule has 2 N–H and O–H groups in total. The maximum atomic E-state index is 14.0. The highest BCUT2D eigenvalue weighted by Gasteiger charge is 2.41. The van der Waals surface area contributed by atoms with E-state index in [1.807, 2.05) is 103 Å². The summed E-state index contributed by atoms with van der Waals surface area (Å²) in [5.74, 6) is -3.65. The number of oxime groups is 1. The molecule has 0 aliphatic carbocycles. The van der Waals surface area contributed by atoms with E-state index < -0.39 is 47.3 Å². The molecule has 0 fully saturated rings. The van der Waals surface area contributed by atoms with Crippen molar-refractivity contribution in [3.05, 3.63) is 214 Å². The van der Waals surface area contributed by atoms with Gasteiger partial charge in [-0.1, -0.05) is 169 Å². The molecule has 63 heavy (non-hydrogen) atoms.